The molecule has 0 radical (unpaired) electrons. The molecule has 3 aromatic rings. The maximum Gasteiger partial charge on any atom is 0.416 e. The summed E-state index contributed by atoms with van der Waals surface area (Å²) < 4.78 is 37.5. The number of benzene rings is 2. The molecule has 0 aliphatic rings. The first kappa shape index (κ1) is 14.1. The van der Waals surface area contributed by atoms with Crippen LogP contribution in [0, 0.1) is 11.3 Å². The number of nitriles is 1. The van der Waals surface area contributed by atoms with Crippen LogP contribution in [0.25, 0.3) is 11.0 Å². The number of imidazole rings is 1. The average Bonchev–Trinajstić information content (AvgIpc) is 2.88. The Morgan fingerprint density at radius 3 is 2.45 bits per heavy atom. The third-order valence-corrected chi connectivity index (χ3v) is 3.31. The molecule has 2 aromatic carbocycles. The van der Waals surface area contributed by atoms with E-state index in [1.54, 1.807) is 18.2 Å². The highest BCUT2D eigenvalue weighted by Gasteiger charge is 2.29. The predicted molar refractivity (Wildman–Crippen MR) is 75.1 cm³/mol. The fraction of sp³-hybridized carbons (Fsp3) is 0.125. The highest BCUT2D eigenvalue weighted by Crippen LogP contribution is 2.29. The first-order valence-corrected chi connectivity index (χ1v) is 6.50. The lowest BCUT2D eigenvalue weighted by molar-refractivity contribution is -0.137. The summed E-state index contributed by atoms with van der Waals surface area (Å²) in [5, 5.41) is 8.85. The Bertz CT molecular complexity index is 855. The van der Waals surface area contributed by atoms with E-state index in [0.717, 1.165) is 28.7 Å². The highest BCUT2D eigenvalue weighted by atomic mass is 19.4. The second-order valence-corrected chi connectivity index (χ2v) is 4.90. The van der Waals surface area contributed by atoms with E-state index in [-0.39, 0.29) is 0 Å². The van der Waals surface area contributed by atoms with Crippen molar-refractivity contribution in [3.05, 3.63) is 65.0 Å². The van der Waals surface area contributed by atoms with Gasteiger partial charge in [0, 0.05) is 6.42 Å². The monoisotopic (exact) mass is 301 g/mol. The zero-order valence-electron chi connectivity index (χ0n) is 11.3. The largest absolute Gasteiger partial charge is 0.416 e. The molecule has 6 heteroatoms. The van der Waals surface area contributed by atoms with Crippen molar-refractivity contribution in [2.45, 2.75) is 12.6 Å². The van der Waals surface area contributed by atoms with E-state index in [2.05, 4.69) is 9.97 Å². The van der Waals surface area contributed by atoms with Crippen molar-refractivity contribution in [3.63, 3.8) is 0 Å². The minimum atomic E-state index is -4.33. The molecule has 0 amide bonds. The maximum atomic E-state index is 12.5. The van der Waals surface area contributed by atoms with Crippen LogP contribution in [-0.4, -0.2) is 9.97 Å². The molecule has 3 rings (SSSR count). The Balaban J connectivity index is 1.85. The summed E-state index contributed by atoms with van der Waals surface area (Å²) in [6.45, 7) is 0. The molecular weight excluding hydrogens is 291 g/mol. The average molecular weight is 301 g/mol. The van der Waals surface area contributed by atoms with Crippen LogP contribution in [-0.2, 0) is 12.6 Å². The number of rotatable bonds is 2. The molecular formula is C16H10F3N3. The van der Waals surface area contributed by atoms with E-state index >= 15 is 0 Å². The van der Waals surface area contributed by atoms with E-state index in [0.29, 0.717) is 17.8 Å². The molecule has 0 aliphatic heterocycles. The van der Waals surface area contributed by atoms with Crippen LogP contribution in [0.5, 0.6) is 0 Å². The highest BCUT2D eigenvalue weighted by molar-refractivity contribution is 5.76. The third-order valence-electron chi connectivity index (χ3n) is 3.31. The number of alkyl halides is 3. The van der Waals surface area contributed by atoms with Crippen molar-refractivity contribution in [2.75, 3.05) is 0 Å². The molecule has 0 aliphatic carbocycles. The van der Waals surface area contributed by atoms with Gasteiger partial charge in [0.1, 0.15) is 5.82 Å². The van der Waals surface area contributed by atoms with Gasteiger partial charge in [0.25, 0.3) is 0 Å². The molecule has 1 heterocycles. The molecule has 110 valence electrons. The van der Waals surface area contributed by atoms with Gasteiger partial charge in [0.15, 0.2) is 0 Å². The second-order valence-electron chi connectivity index (χ2n) is 4.90. The minimum Gasteiger partial charge on any atom is -0.342 e. The van der Waals surface area contributed by atoms with Gasteiger partial charge < -0.3 is 4.98 Å². The number of halogens is 3. The summed E-state index contributed by atoms with van der Waals surface area (Å²) in [6.07, 6.45) is -3.93. The third kappa shape index (κ3) is 2.79. The first-order valence-electron chi connectivity index (χ1n) is 6.50. The lowest BCUT2D eigenvalue weighted by Crippen LogP contribution is -2.04. The van der Waals surface area contributed by atoms with Crippen LogP contribution in [0.15, 0.2) is 42.5 Å². The van der Waals surface area contributed by atoms with Crippen molar-refractivity contribution >= 4 is 11.0 Å². The summed E-state index contributed by atoms with van der Waals surface area (Å²) in [5.74, 6) is 0.643. The van der Waals surface area contributed by atoms with Gasteiger partial charge in [-0.15, -0.1) is 0 Å². The number of hydrogen-bond donors (Lipinski definition) is 1. The van der Waals surface area contributed by atoms with E-state index in [1.165, 1.54) is 12.1 Å². The Labute approximate surface area is 124 Å². The fourth-order valence-corrected chi connectivity index (χ4v) is 2.22. The molecule has 0 atom stereocenters. The Kier molecular flexibility index (Phi) is 3.33. The fourth-order valence-electron chi connectivity index (χ4n) is 2.22. The van der Waals surface area contributed by atoms with Gasteiger partial charge in [-0.3, -0.25) is 0 Å². The zero-order chi connectivity index (χ0) is 15.7. The van der Waals surface area contributed by atoms with Crippen LogP contribution in [0.4, 0.5) is 13.2 Å². The van der Waals surface area contributed by atoms with E-state index < -0.39 is 11.7 Å². The van der Waals surface area contributed by atoms with Crippen LogP contribution in [0.3, 0.4) is 0 Å². The van der Waals surface area contributed by atoms with Gasteiger partial charge in [-0.2, -0.15) is 18.4 Å². The number of nitrogens with one attached hydrogen (secondary N) is 1. The molecule has 0 saturated heterocycles. The molecule has 22 heavy (non-hydrogen) atoms. The minimum absolute atomic E-state index is 0.398. The lowest BCUT2D eigenvalue weighted by Gasteiger charge is -2.06. The van der Waals surface area contributed by atoms with Crippen molar-refractivity contribution in [2.24, 2.45) is 0 Å². The SMILES string of the molecule is N#Cc1ccc2nc(Cc3ccc(C(F)(F)F)cc3)[nH]c2c1. The molecule has 0 saturated carbocycles. The van der Waals surface area contributed by atoms with E-state index in [9.17, 15) is 13.2 Å². The number of aromatic amines is 1. The van der Waals surface area contributed by atoms with Crippen LogP contribution >= 0.6 is 0 Å². The number of nitrogens with zero attached hydrogens (tertiary/aromatic N) is 2. The summed E-state index contributed by atoms with van der Waals surface area (Å²) in [5.41, 5.74) is 2.05. The Hall–Kier alpha value is -2.81. The van der Waals surface area contributed by atoms with Crippen molar-refractivity contribution < 1.29 is 13.2 Å². The van der Waals surface area contributed by atoms with Gasteiger partial charge in [0.2, 0.25) is 0 Å². The zero-order valence-corrected chi connectivity index (χ0v) is 11.3. The molecule has 1 N–H and O–H groups in total. The topological polar surface area (TPSA) is 52.5 Å². The van der Waals surface area contributed by atoms with Crippen LogP contribution in [0.2, 0.25) is 0 Å². The van der Waals surface area contributed by atoms with Crippen LogP contribution in [0.1, 0.15) is 22.5 Å². The molecule has 3 nitrogen and oxygen atoms in total. The summed E-state index contributed by atoms with van der Waals surface area (Å²) in [7, 11) is 0. The maximum absolute atomic E-state index is 12.5. The summed E-state index contributed by atoms with van der Waals surface area (Å²) in [4.78, 5) is 7.45. The van der Waals surface area contributed by atoms with Gasteiger partial charge in [-0.05, 0) is 35.9 Å². The lowest BCUT2D eigenvalue weighted by atomic mass is 10.1. The standard InChI is InChI=1S/C16H10F3N3/c17-16(18,19)12-4-1-10(2-5-12)8-15-21-13-6-3-11(9-20)7-14(13)22-15/h1-7H,8H2,(H,21,22). The smallest absolute Gasteiger partial charge is 0.342 e. The molecule has 0 spiro atoms. The van der Waals surface area contributed by atoms with Gasteiger partial charge in [-0.25, -0.2) is 4.98 Å². The van der Waals surface area contributed by atoms with Gasteiger partial charge >= 0.3 is 6.18 Å². The normalized spacial score (nSPS) is 11.5. The number of aromatic nitrogens is 2. The van der Waals surface area contributed by atoms with Crippen molar-refractivity contribution in [1.29, 1.82) is 5.26 Å². The molecule has 1 aromatic heterocycles. The molecule has 0 unspecified atom stereocenters. The molecule has 0 fully saturated rings. The Morgan fingerprint density at radius 2 is 1.82 bits per heavy atom. The van der Waals surface area contributed by atoms with E-state index in [1.807, 2.05) is 6.07 Å². The molecule has 0 bridgehead atoms. The quantitative estimate of drug-likeness (QED) is 0.776. The summed E-state index contributed by atoms with van der Waals surface area (Å²) >= 11 is 0. The van der Waals surface area contributed by atoms with Crippen LogP contribution < -0.4 is 0 Å². The second kappa shape index (κ2) is 5.19. The Morgan fingerprint density at radius 1 is 1.09 bits per heavy atom. The van der Waals surface area contributed by atoms with Crippen molar-refractivity contribution in [1.82, 2.24) is 9.97 Å². The number of hydrogen-bond acceptors (Lipinski definition) is 2. The van der Waals surface area contributed by atoms with Crippen molar-refractivity contribution in [3.8, 4) is 6.07 Å². The summed E-state index contributed by atoms with van der Waals surface area (Å²) in [6, 6.07) is 12.2. The van der Waals surface area contributed by atoms with Gasteiger partial charge in [0.05, 0.1) is 28.2 Å². The van der Waals surface area contributed by atoms with E-state index in [4.69, 9.17) is 5.26 Å². The predicted octanol–water partition coefficient (Wildman–Crippen LogP) is 4.04. The van der Waals surface area contributed by atoms with Gasteiger partial charge in [-0.1, -0.05) is 12.1 Å². The number of fused-ring (bicyclic) bond motifs is 1. The first-order chi connectivity index (χ1) is 10.5. The number of H-pyrrole nitrogens is 1.